The first-order valence-electron chi connectivity index (χ1n) is 9.93. The quantitative estimate of drug-likeness (QED) is 0.577. The van der Waals surface area contributed by atoms with Crippen LogP contribution in [0, 0.1) is 5.92 Å². The molecule has 1 heterocycles. The zero-order chi connectivity index (χ0) is 20.2. The molecule has 3 aromatic carbocycles. The monoisotopic (exact) mass is 405 g/mol. The molecular formula is C25H24ClNO2. The summed E-state index contributed by atoms with van der Waals surface area (Å²) >= 11 is 6.58. The first kappa shape index (κ1) is 19.8. The van der Waals surface area contributed by atoms with Crippen molar-refractivity contribution < 1.29 is 9.90 Å². The van der Waals surface area contributed by atoms with Crippen LogP contribution < -0.4 is 0 Å². The fourth-order valence-electron chi connectivity index (χ4n) is 4.39. The molecule has 0 aliphatic carbocycles. The number of rotatable bonds is 6. The van der Waals surface area contributed by atoms with Crippen molar-refractivity contribution in [3.8, 4) is 0 Å². The van der Waals surface area contributed by atoms with E-state index < -0.39 is 0 Å². The number of nitrogens with zero attached hydrogens (tertiary/aromatic N) is 1. The minimum atomic E-state index is -0.266. The van der Waals surface area contributed by atoms with E-state index in [1.807, 2.05) is 72.8 Å². The minimum Gasteiger partial charge on any atom is -0.395 e. The Morgan fingerprint density at radius 2 is 1.55 bits per heavy atom. The number of aliphatic hydroxyl groups is 1. The fraction of sp³-hybridized carbons (Fsp3) is 0.240. The van der Waals surface area contributed by atoms with Gasteiger partial charge in [-0.25, -0.2) is 0 Å². The molecule has 3 aromatic rings. The average Bonchev–Trinajstić information content (AvgIpc) is 3.13. The second-order valence-corrected chi connectivity index (χ2v) is 7.94. The maximum absolute atomic E-state index is 13.5. The second kappa shape index (κ2) is 8.91. The summed E-state index contributed by atoms with van der Waals surface area (Å²) in [5.74, 6) is -0.164. The van der Waals surface area contributed by atoms with Crippen LogP contribution in [-0.4, -0.2) is 28.4 Å². The van der Waals surface area contributed by atoms with Gasteiger partial charge in [-0.2, -0.15) is 0 Å². The number of hydrogen-bond donors (Lipinski definition) is 1. The maximum Gasteiger partial charge on any atom is 0.167 e. The van der Waals surface area contributed by atoms with E-state index in [2.05, 4.69) is 17.0 Å². The molecule has 4 heteroatoms. The van der Waals surface area contributed by atoms with Crippen molar-refractivity contribution in [1.82, 2.24) is 4.90 Å². The lowest BCUT2D eigenvalue weighted by atomic mass is 9.86. The van der Waals surface area contributed by atoms with Gasteiger partial charge in [0, 0.05) is 35.1 Å². The Bertz CT molecular complexity index is 961. The molecule has 0 amide bonds. The number of ketones is 1. The van der Waals surface area contributed by atoms with Crippen LogP contribution in [0.4, 0.5) is 0 Å². The van der Waals surface area contributed by atoms with E-state index in [9.17, 15) is 9.90 Å². The second-order valence-electron chi connectivity index (χ2n) is 7.53. The molecule has 1 N–H and O–H groups in total. The summed E-state index contributed by atoms with van der Waals surface area (Å²) < 4.78 is 0. The number of halogens is 1. The van der Waals surface area contributed by atoms with Crippen LogP contribution >= 0.6 is 11.6 Å². The smallest absolute Gasteiger partial charge is 0.167 e. The molecule has 3 nitrogen and oxygen atoms in total. The van der Waals surface area contributed by atoms with E-state index in [-0.39, 0.29) is 30.4 Å². The van der Waals surface area contributed by atoms with E-state index in [0.29, 0.717) is 23.6 Å². The first-order chi connectivity index (χ1) is 14.2. The lowest BCUT2D eigenvalue weighted by Crippen LogP contribution is -2.34. The van der Waals surface area contributed by atoms with E-state index in [1.54, 1.807) is 0 Å². The Hall–Kier alpha value is -2.46. The normalized spacial score (nSPS) is 21.9. The molecule has 0 bridgehead atoms. The van der Waals surface area contributed by atoms with Gasteiger partial charge >= 0.3 is 0 Å². The molecule has 0 saturated carbocycles. The fourth-order valence-corrected chi connectivity index (χ4v) is 4.64. The van der Waals surface area contributed by atoms with E-state index in [1.165, 1.54) is 0 Å². The van der Waals surface area contributed by atoms with E-state index >= 15 is 0 Å². The van der Waals surface area contributed by atoms with Crippen molar-refractivity contribution in [2.45, 2.75) is 25.0 Å². The molecule has 4 rings (SSSR count). The lowest BCUT2D eigenvalue weighted by molar-refractivity contribution is 0.0857. The molecule has 0 radical (unpaired) electrons. The van der Waals surface area contributed by atoms with Crippen LogP contribution in [0.3, 0.4) is 0 Å². The first-order valence-corrected chi connectivity index (χ1v) is 10.3. The summed E-state index contributed by atoms with van der Waals surface area (Å²) in [7, 11) is 0. The summed E-state index contributed by atoms with van der Waals surface area (Å²) in [6.07, 6.45) is 0.604. The molecule has 0 spiro atoms. The number of aliphatic hydroxyl groups excluding tert-OH is 1. The highest BCUT2D eigenvalue weighted by molar-refractivity contribution is 6.31. The van der Waals surface area contributed by atoms with Crippen molar-refractivity contribution in [1.29, 1.82) is 0 Å². The van der Waals surface area contributed by atoms with Crippen molar-refractivity contribution in [2.24, 2.45) is 5.92 Å². The third-order valence-electron chi connectivity index (χ3n) is 5.77. The zero-order valence-electron chi connectivity index (χ0n) is 16.1. The Morgan fingerprint density at radius 3 is 2.21 bits per heavy atom. The highest BCUT2D eigenvalue weighted by Crippen LogP contribution is 2.45. The highest BCUT2D eigenvalue weighted by atomic mass is 35.5. The molecule has 1 aliphatic rings. The van der Waals surface area contributed by atoms with Crippen LogP contribution in [-0.2, 0) is 6.54 Å². The number of likely N-dealkylation sites (tertiary alicyclic amines) is 1. The average molecular weight is 406 g/mol. The van der Waals surface area contributed by atoms with Gasteiger partial charge in [0.25, 0.3) is 0 Å². The SMILES string of the molecule is O=C(c1ccccc1)[C@H]1C[C@H](CO)N(Cc2ccccc2)[C@H]1c1ccccc1Cl. The van der Waals surface area contributed by atoms with Gasteiger partial charge in [-0.15, -0.1) is 0 Å². The van der Waals surface area contributed by atoms with Gasteiger partial charge in [0.05, 0.1) is 6.61 Å². The highest BCUT2D eigenvalue weighted by Gasteiger charge is 2.45. The zero-order valence-corrected chi connectivity index (χ0v) is 16.9. The minimum absolute atomic E-state index is 0.00631. The summed E-state index contributed by atoms with van der Waals surface area (Å²) in [5.41, 5.74) is 2.79. The maximum atomic E-state index is 13.5. The molecule has 1 saturated heterocycles. The van der Waals surface area contributed by atoms with Gasteiger partial charge in [0.2, 0.25) is 0 Å². The summed E-state index contributed by atoms with van der Waals surface area (Å²) in [6.45, 7) is 0.660. The molecule has 1 fully saturated rings. The predicted molar refractivity (Wildman–Crippen MR) is 116 cm³/mol. The molecule has 0 unspecified atom stereocenters. The Morgan fingerprint density at radius 1 is 0.931 bits per heavy atom. The number of carbonyl (C=O) groups excluding carboxylic acids is 1. The van der Waals surface area contributed by atoms with Gasteiger partial charge in [-0.1, -0.05) is 90.5 Å². The van der Waals surface area contributed by atoms with Crippen LogP contribution in [0.5, 0.6) is 0 Å². The topological polar surface area (TPSA) is 40.5 Å². The van der Waals surface area contributed by atoms with Gasteiger partial charge in [-0.05, 0) is 23.6 Å². The summed E-state index contributed by atoms with van der Waals surface area (Å²) in [6, 6.07) is 27.0. The third-order valence-corrected chi connectivity index (χ3v) is 6.12. The Labute approximate surface area is 176 Å². The number of Topliss-reactive ketones (excluding diaryl/α,β-unsaturated/α-hetero) is 1. The lowest BCUT2D eigenvalue weighted by Gasteiger charge is -2.31. The van der Waals surface area contributed by atoms with Gasteiger partial charge in [-0.3, -0.25) is 9.69 Å². The van der Waals surface area contributed by atoms with E-state index in [0.717, 1.165) is 11.1 Å². The molecule has 1 aliphatic heterocycles. The number of benzene rings is 3. The summed E-state index contributed by atoms with van der Waals surface area (Å²) in [5, 5.41) is 10.8. The van der Waals surface area contributed by atoms with Gasteiger partial charge in [0.15, 0.2) is 5.78 Å². The molecule has 3 atom stereocenters. The standard InChI is InChI=1S/C25H24ClNO2/c26-23-14-8-7-13-21(23)24-22(25(29)19-11-5-2-6-12-19)15-20(17-28)27(24)16-18-9-3-1-4-10-18/h1-14,20,22,24,28H,15-17H2/t20-,22+,24+/m1/s1. The van der Waals surface area contributed by atoms with Crippen LogP contribution in [0.1, 0.15) is 33.9 Å². The van der Waals surface area contributed by atoms with Crippen LogP contribution in [0.15, 0.2) is 84.9 Å². The predicted octanol–water partition coefficient (Wildman–Crippen LogP) is 5.15. The molecule has 148 valence electrons. The molecule has 29 heavy (non-hydrogen) atoms. The van der Waals surface area contributed by atoms with Gasteiger partial charge in [0.1, 0.15) is 0 Å². The Balaban J connectivity index is 1.76. The van der Waals surface area contributed by atoms with Crippen LogP contribution in [0.2, 0.25) is 5.02 Å². The van der Waals surface area contributed by atoms with Gasteiger partial charge < -0.3 is 5.11 Å². The third kappa shape index (κ3) is 4.13. The molecule has 0 aromatic heterocycles. The largest absolute Gasteiger partial charge is 0.395 e. The molecular weight excluding hydrogens is 382 g/mol. The number of hydrogen-bond acceptors (Lipinski definition) is 3. The van der Waals surface area contributed by atoms with Crippen molar-refractivity contribution in [2.75, 3.05) is 6.61 Å². The van der Waals surface area contributed by atoms with E-state index in [4.69, 9.17) is 11.6 Å². The Kier molecular flexibility index (Phi) is 6.10. The summed E-state index contributed by atoms with van der Waals surface area (Å²) in [4.78, 5) is 15.7. The number of carbonyl (C=O) groups is 1. The van der Waals surface area contributed by atoms with Crippen molar-refractivity contribution in [3.63, 3.8) is 0 Å². The van der Waals surface area contributed by atoms with Crippen LogP contribution in [0.25, 0.3) is 0 Å². The van der Waals surface area contributed by atoms with Crippen molar-refractivity contribution in [3.05, 3.63) is 107 Å². The van der Waals surface area contributed by atoms with Crippen molar-refractivity contribution >= 4 is 17.4 Å².